The van der Waals surface area contributed by atoms with Gasteiger partial charge in [-0.1, -0.05) is 13.8 Å². The summed E-state index contributed by atoms with van der Waals surface area (Å²) in [5.74, 6) is 2.87. The summed E-state index contributed by atoms with van der Waals surface area (Å²) < 4.78 is 1.52. The zero-order chi connectivity index (χ0) is 14.8. The topological polar surface area (TPSA) is 93.4 Å². The van der Waals surface area contributed by atoms with E-state index in [1.807, 2.05) is 0 Å². The van der Waals surface area contributed by atoms with Crippen molar-refractivity contribution in [1.82, 2.24) is 29.7 Å². The molecule has 0 spiro atoms. The number of nitrogens with one attached hydrogen (secondary N) is 2. The summed E-state index contributed by atoms with van der Waals surface area (Å²) in [6.07, 6.45) is 5.40. The van der Waals surface area contributed by atoms with Gasteiger partial charge in [-0.25, -0.2) is 4.98 Å². The van der Waals surface area contributed by atoms with E-state index in [4.69, 9.17) is 0 Å². The van der Waals surface area contributed by atoms with Crippen LogP contribution in [0.3, 0.4) is 0 Å². The van der Waals surface area contributed by atoms with E-state index in [2.05, 4.69) is 49.5 Å². The van der Waals surface area contributed by atoms with Crippen LogP contribution in [0.2, 0.25) is 0 Å². The number of aromatic nitrogens is 6. The first-order valence-electron chi connectivity index (χ1n) is 7.22. The molecule has 1 aliphatic carbocycles. The van der Waals surface area contributed by atoms with E-state index in [-0.39, 0.29) is 0 Å². The van der Waals surface area contributed by atoms with Crippen molar-refractivity contribution in [2.24, 2.45) is 11.8 Å². The maximum absolute atomic E-state index is 4.43. The third-order valence-corrected chi connectivity index (χ3v) is 4.25. The van der Waals surface area contributed by atoms with E-state index in [1.165, 1.54) is 17.4 Å². The first kappa shape index (κ1) is 13.7. The van der Waals surface area contributed by atoms with Gasteiger partial charge in [0.2, 0.25) is 11.9 Å². The summed E-state index contributed by atoms with van der Waals surface area (Å²) in [5, 5.41) is 10.4. The molecule has 8 nitrogen and oxygen atoms in total. The molecule has 0 saturated heterocycles. The smallest absolute Gasteiger partial charge is 0.258 e. The van der Waals surface area contributed by atoms with Crippen molar-refractivity contribution in [3.8, 4) is 5.95 Å². The highest BCUT2D eigenvalue weighted by atomic mass is 15.4. The van der Waals surface area contributed by atoms with Gasteiger partial charge in [-0.3, -0.25) is 0 Å². The molecule has 21 heavy (non-hydrogen) atoms. The fraction of sp³-hybridized carbons (Fsp3) is 0.615. The van der Waals surface area contributed by atoms with E-state index in [9.17, 15) is 0 Å². The van der Waals surface area contributed by atoms with Crippen molar-refractivity contribution in [2.45, 2.75) is 32.7 Å². The number of hydrogen-bond donors (Lipinski definition) is 2. The minimum atomic E-state index is 0.399. The van der Waals surface area contributed by atoms with Gasteiger partial charge in [-0.05, 0) is 24.7 Å². The van der Waals surface area contributed by atoms with E-state index in [0.717, 1.165) is 12.3 Å². The normalized spacial score (nSPS) is 25.0. The molecule has 0 amide bonds. The van der Waals surface area contributed by atoms with E-state index < -0.39 is 0 Å². The van der Waals surface area contributed by atoms with Gasteiger partial charge in [-0.15, -0.1) is 0 Å². The van der Waals surface area contributed by atoms with Gasteiger partial charge >= 0.3 is 0 Å². The zero-order valence-electron chi connectivity index (χ0n) is 12.5. The maximum Gasteiger partial charge on any atom is 0.258 e. The lowest BCUT2D eigenvalue weighted by Crippen LogP contribution is -2.26. The second-order valence-electron chi connectivity index (χ2n) is 5.54. The largest absolute Gasteiger partial charge is 0.357 e. The molecule has 0 aromatic carbocycles. The molecular weight excluding hydrogens is 268 g/mol. The molecular formula is C13H20N8. The molecule has 8 heteroatoms. The molecule has 3 unspecified atom stereocenters. The minimum Gasteiger partial charge on any atom is -0.357 e. The van der Waals surface area contributed by atoms with E-state index >= 15 is 0 Å². The van der Waals surface area contributed by atoms with E-state index in [0.29, 0.717) is 29.8 Å². The van der Waals surface area contributed by atoms with Crippen LogP contribution in [0.15, 0.2) is 12.7 Å². The first-order chi connectivity index (χ1) is 10.2. The Morgan fingerprint density at radius 1 is 1.14 bits per heavy atom. The second-order valence-corrected chi connectivity index (χ2v) is 5.54. The lowest BCUT2D eigenvalue weighted by molar-refractivity contribution is 0.434. The van der Waals surface area contributed by atoms with Crippen LogP contribution in [0, 0.1) is 11.8 Å². The molecule has 1 saturated carbocycles. The Morgan fingerprint density at radius 3 is 2.57 bits per heavy atom. The minimum absolute atomic E-state index is 0.399. The average Bonchev–Trinajstić information content (AvgIpc) is 3.13. The van der Waals surface area contributed by atoms with Crippen molar-refractivity contribution >= 4 is 11.9 Å². The van der Waals surface area contributed by atoms with Gasteiger partial charge in [-0.2, -0.15) is 24.7 Å². The number of hydrogen-bond acceptors (Lipinski definition) is 7. The van der Waals surface area contributed by atoms with Crippen LogP contribution in [0.5, 0.6) is 0 Å². The average molecular weight is 288 g/mol. The summed E-state index contributed by atoms with van der Waals surface area (Å²) in [6.45, 7) is 4.56. The van der Waals surface area contributed by atoms with Crippen molar-refractivity contribution in [1.29, 1.82) is 0 Å². The van der Waals surface area contributed by atoms with E-state index in [1.54, 1.807) is 13.4 Å². The monoisotopic (exact) mass is 288 g/mol. The van der Waals surface area contributed by atoms with Crippen LogP contribution in [0.25, 0.3) is 5.95 Å². The molecule has 1 fully saturated rings. The summed E-state index contributed by atoms with van der Waals surface area (Å²) >= 11 is 0. The van der Waals surface area contributed by atoms with Crippen molar-refractivity contribution in [2.75, 3.05) is 17.7 Å². The number of nitrogens with zero attached hydrogens (tertiary/aromatic N) is 6. The fourth-order valence-electron chi connectivity index (χ4n) is 2.69. The van der Waals surface area contributed by atoms with Crippen molar-refractivity contribution in [3.05, 3.63) is 12.7 Å². The Labute approximate surface area is 123 Å². The Hall–Kier alpha value is -2.25. The molecule has 2 N–H and O–H groups in total. The lowest BCUT2D eigenvalue weighted by Gasteiger charge is -2.19. The molecule has 2 heterocycles. The summed E-state index contributed by atoms with van der Waals surface area (Å²) in [7, 11) is 1.78. The lowest BCUT2D eigenvalue weighted by atomic mass is 9.98. The van der Waals surface area contributed by atoms with Crippen LogP contribution in [-0.2, 0) is 0 Å². The molecule has 112 valence electrons. The quantitative estimate of drug-likeness (QED) is 0.876. The second kappa shape index (κ2) is 5.63. The van der Waals surface area contributed by atoms with Gasteiger partial charge in [0, 0.05) is 13.1 Å². The molecule has 2 aromatic heterocycles. The number of rotatable bonds is 4. The SMILES string of the molecule is CNc1nc(NC2CCC(C)C2C)nc(-n2cncn2)n1. The highest BCUT2D eigenvalue weighted by Gasteiger charge is 2.30. The van der Waals surface area contributed by atoms with Crippen LogP contribution >= 0.6 is 0 Å². The molecule has 2 aromatic rings. The first-order valence-corrected chi connectivity index (χ1v) is 7.22. The zero-order valence-corrected chi connectivity index (χ0v) is 12.5. The van der Waals surface area contributed by atoms with Crippen molar-refractivity contribution in [3.63, 3.8) is 0 Å². The van der Waals surface area contributed by atoms with Gasteiger partial charge < -0.3 is 10.6 Å². The van der Waals surface area contributed by atoms with Gasteiger partial charge in [0.25, 0.3) is 5.95 Å². The van der Waals surface area contributed by atoms with Crippen LogP contribution < -0.4 is 10.6 Å². The molecule has 0 radical (unpaired) electrons. The molecule has 0 bridgehead atoms. The Balaban J connectivity index is 1.86. The van der Waals surface area contributed by atoms with Gasteiger partial charge in [0.15, 0.2) is 0 Å². The Bertz CT molecular complexity index is 596. The van der Waals surface area contributed by atoms with Crippen molar-refractivity contribution < 1.29 is 0 Å². The third-order valence-electron chi connectivity index (χ3n) is 4.25. The molecule has 0 aliphatic heterocycles. The number of anilines is 2. The third kappa shape index (κ3) is 2.79. The fourth-order valence-corrected chi connectivity index (χ4v) is 2.69. The predicted molar refractivity (Wildman–Crippen MR) is 79.3 cm³/mol. The Morgan fingerprint density at radius 2 is 1.95 bits per heavy atom. The Kier molecular flexibility index (Phi) is 3.68. The predicted octanol–water partition coefficient (Wildman–Crippen LogP) is 1.34. The molecule has 3 atom stereocenters. The van der Waals surface area contributed by atoms with Gasteiger partial charge in [0.1, 0.15) is 12.7 Å². The summed E-state index contributed by atoms with van der Waals surface area (Å²) in [4.78, 5) is 17.0. The molecule has 1 aliphatic rings. The summed E-state index contributed by atoms with van der Waals surface area (Å²) in [5.41, 5.74) is 0. The van der Waals surface area contributed by atoms with Crippen LogP contribution in [0.1, 0.15) is 26.7 Å². The molecule has 3 rings (SSSR count). The summed E-state index contributed by atoms with van der Waals surface area (Å²) in [6, 6.07) is 0.399. The highest BCUT2D eigenvalue weighted by molar-refractivity contribution is 5.38. The van der Waals surface area contributed by atoms with Crippen LogP contribution in [-0.4, -0.2) is 42.8 Å². The van der Waals surface area contributed by atoms with Gasteiger partial charge in [0.05, 0.1) is 0 Å². The van der Waals surface area contributed by atoms with Crippen LogP contribution in [0.4, 0.5) is 11.9 Å². The maximum atomic E-state index is 4.43. The standard InChI is InChI=1S/C13H20N8/c1-8-4-5-10(9(8)2)17-12-18-11(14-3)19-13(20-12)21-7-15-6-16-21/h6-10H,4-5H2,1-3H3,(H2,14,17,18,19,20). The highest BCUT2D eigenvalue weighted by Crippen LogP contribution is 2.32.